The summed E-state index contributed by atoms with van der Waals surface area (Å²) >= 11 is 0. The lowest BCUT2D eigenvalue weighted by atomic mass is 10.2. The molecular formula is C10H21NO3S. The van der Waals surface area contributed by atoms with Gasteiger partial charge in [-0.05, 0) is 13.3 Å². The highest BCUT2D eigenvalue weighted by Gasteiger charge is 2.16. The molecule has 0 saturated carbocycles. The third kappa shape index (κ3) is 6.62. The molecule has 0 aliphatic rings. The summed E-state index contributed by atoms with van der Waals surface area (Å²) in [4.78, 5) is 11.4. The first kappa shape index (κ1) is 14.6. The van der Waals surface area contributed by atoms with Gasteiger partial charge in [-0.25, -0.2) is 0 Å². The molecule has 0 aromatic rings. The van der Waals surface area contributed by atoms with Gasteiger partial charge in [0.2, 0.25) is 0 Å². The van der Waals surface area contributed by atoms with E-state index < -0.39 is 10.8 Å². The Balaban J connectivity index is 3.79. The van der Waals surface area contributed by atoms with Crippen LogP contribution in [0.2, 0.25) is 0 Å². The van der Waals surface area contributed by atoms with E-state index in [0.29, 0.717) is 31.1 Å². The molecule has 2 atom stereocenters. The average molecular weight is 235 g/mol. The van der Waals surface area contributed by atoms with E-state index in [-0.39, 0.29) is 12.0 Å². The van der Waals surface area contributed by atoms with Crippen LogP contribution < -0.4 is 5.32 Å². The van der Waals surface area contributed by atoms with Gasteiger partial charge in [0.05, 0.1) is 6.61 Å². The molecule has 1 N–H and O–H groups in total. The van der Waals surface area contributed by atoms with Crippen LogP contribution in [-0.4, -0.2) is 40.9 Å². The van der Waals surface area contributed by atoms with Crippen LogP contribution in [-0.2, 0) is 20.3 Å². The Kier molecular flexibility index (Phi) is 8.61. The number of esters is 1. The monoisotopic (exact) mass is 235 g/mol. The van der Waals surface area contributed by atoms with Crippen molar-refractivity contribution in [2.75, 3.05) is 24.7 Å². The zero-order chi connectivity index (χ0) is 11.7. The van der Waals surface area contributed by atoms with E-state index in [1.807, 2.05) is 13.8 Å². The second-order valence-corrected chi connectivity index (χ2v) is 4.96. The van der Waals surface area contributed by atoms with E-state index in [1.54, 1.807) is 6.92 Å². The average Bonchev–Trinajstić information content (AvgIpc) is 2.24. The molecule has 5 heteroatoms. The highest BCUT2D eigenvalue weighted by molar-refractivity contribution is 7.84. The Bertz CT molecular complexity index is 209. The zero-order valence-electron chi connectivity index (χ0n) is 9.75. The molecule has 0 radical (unpaired) electrons. The van der Waals surface area contributed by atoms with Crippen LogP contribution in [0.5, 0.6) is 0 Å². The third-order valence-electron chi connectivity index (χ3n) is 2.02. The fourth-order valence-corrected chi connectivity index (χ4v) is 1.76. The predicted molar refractivity (Wildman–Crippen MR) is 62.3 cm³/mol. The minimum Gasteiger partial charge on any atom is -0.465 e. The topological polar surface area (TPSA) is 55.4 Å². The third-order valence-corrected chi connectivity index (χ3v) is 3.33. The smallest absolute Gasteiger partial charge is 0.323 e. The van der Waals surface area contributed by atoms with Crippen molar-refractivity contribution >= 4 is 16.8 Å². The largest absolute Gasteiger partial charge is 0.465 e. The number of ether oxygens (including phenoxy) is 1. The molecule has 90 valence electrons. The molecule has 0 aliphatic heterocycles. The maximum atomic E-state index is 11.4. The molecule has 0 bridgehead atoms. The number of hydrogen-bond acceptors (Lipinski definition) is 4. The van der Waals surface area contributed by atoms with E-state index in [4.69, 9.17) is 4.74 Å². The predicted octanol–water partition coefficient (Wildman–Crippen LogP) is 0.686. The molecule has 0 amide bonds. The minimum atomic E-state index is -0.777. The molecule has 2 unspecified atom stereocenters. The van der Waals surface area contributed by atoms with Crippen molar-refractivity contribution in [2.24, 2.45) is 0 Å². The van der Waals surface area contributed by atoms with E-state index in [9.17, 15) is 9.00 Å². The quantitative estimate of drug-likeness (QED) is 0.629. The van der Waals surface area contributed by atoms with E-state index in [2.05, 4.69) is 5.32 Å². The normalized spacial score (nSPS) is 14.6. The first-order valence-electron chi connectivity index (χ1n) is 5.40. The van der Waals surface area contributed by atoms with Crippen molar-refractivity contribution in [1.29, 1.82) is 0 Å². The first-order chi connectivity index (χ1) is 7.15. The maximum Gasteiger partial charge on any atom is 0.323 e. The zero-order valence-corrected chi connectivity index (χ0v) is 10.6. The van der Waals surface area contributed by atoms with E-state index in [0.717, 1.165) is 0 Å². The number of rotatable bonds is 8. The first-order valence-corrected chi connectivity index (χ1v) is 6.89. The van der Waals surface area contributed by atoms with E-state index >= 15 is 0 Å². The van der Waals surface area contributed by atoms with Crippen LogP contribution in [0.3, 0.4) is 0 Å². The van der Waals surface area contributed by atoms with Gasteiger partial charge in [0, 0.05) is 28.9 Å². The summed E-state index contributed by atoms with van der Waals surface area (Å²) in [5, 5.41) is 3.05. The number of hydrogen-bond donors (Lipinski definition) is 1. The fraction of sp³-hybridized carbons (Fsp3) is 0.900. The van der Waals surface area contributed by atoms with Gasteiger partial charge >= 0.3 is 5.97 Å². The van der Waals surface area contributed by atoms with Crippen LogP contribution >= 0.6 is 0 Å². The Morgan fingerprint density at radius 2 is 2.07 bits per heavy atom. The lowest BCUT2D eigenvalue weighted by Gasteiger charge is -2.14. The van der Waals surface area contributed by atoms with Crippen molar-refractivity contribution in [3.8, 4) is 0 Å². The number of nitrogens with one attached hydrogen (secondary N) is 1. The van der Waals surface area contributed by atoms with Crippen molar-refractivity contribution in [1.82, 2.24) is 5.32 Å². The van der Waals surface area contributed by atoms with Gasteiger partial charge in [-0.3, -0.25) is 9.00 Å². The van der Waals surface area contributed by atoms with Gasteiger partial charge in [0.15, 0.2) is 0 Å². The summed E-state index contributed by atoms with van der Waals surface area (Å²) in [7, 11) is -0.777. The molecule has 15 heavy (non-hydrogen) atoms. The van der Waals surface area contributed by atoms with Crippen LogP contribution in [0.25, 0.3) is 0 Å². The highest BCUT2D eigenvalue weighted by Crippen LogP contribution is 1.94. The summed E-state index contributed by atoms with van der Waals surface area (Å²) in [6.07, 6.45) is 0.692. The second kappa shape index (κ2) is 8.85. The van der Waals surface area contributed by atoms with Gasteiger partial charge < -0.3 is 10.1 Å². The summed E-state index contributed by atoms with van der Waals surface area (Å²) < 4.78 is 16.0. The summed E-state index contributed by atoms with van der Waals surface area (Å²) in [6, 6.07) is -0.265. The molecule has 0 aromatic heterocycles. The van der Waals surface area contributed by atoms with E-state index in [1.165, 1.54) is 0 Å². The van der Waals surface area contributed by atoms with Gasteiger partial charge in [-0.15, -0.1) is 0 Å². The Morgan fingerprint density at radius 1 is 1.40 bits per heavy atom. The van der Waals surface area contributed by atoms with Crippen molar-refractivity contribution in [2.45, 2.75) is 33.2 Å². The summed E-state index contributed by atoms with van der Waals surface area (Å²) in [5.74, 6) is 1.03. The standard InChI is InChI=1S/C10H21NO3S/c1-4-9(10(12)14-5-2)11-7-8-15(13)6-3/h9,11H,4-8H2,1-3H3. The van der Waals surface area contributed by atoms with Gasteiger partial charge in [0.25, 0.3) is 0 Å². The molecule has 0 spiro atoms. The SMILES string of the molecule is CCOC(=O)C(CC)NCCS(=O)CC. The van der Waals surface area contributed by atoms with Crippen LogP contribution in [0.15, 0.2) is 0 Å². The van der Waals surface area contributed by atoms with Gasteiger partial charge in [-0.2, -0.15) is 0 Å². The molecule has 0 fully saturated rings. The molecule has 0 saturated heterocycles. The van der Waals surface area contributed by atoms with Gasteiger partial charge in [0.1, 0.15) is 6.04 Å². The fourth-order valence-electron chi connectivity index (χ4n) is 1.13. The summed E-state index contributed by atoms with van der Waals surface area (Å²) in [5.41, 5.74) is 0. The van der Waals surface area contributed by atoms with Crippen molar-refractivity contribution < 1.29 is 13.7 Å². The maximum absolute atomic E-state index is 11.4. The minimum absolute atomic E-state index is 0.220. The number of carbonyl (C=O) groups is 1. The molecule has 0 heterocycles. The Labute approximate surface area is 94.2 Å². The molecule has 4 nitrogen and oxygen atoms in total. The van der Waals surface area contributed by atoms with Crippen LogP contribution in [0, 0.1) is 0 Å². The molecule has 0 rings (SSSR count). The lowest BCUT2D eigenvalue weighted by molar-refractivity contribution is -0.145. The molecular weight excluding hydrogens is 214 g/mol. The molecule has 0 aliphatic carbocycles. The Morgan fingerprint density at radius 3 is 2.53 bits per heavy atom. The van der Waals surface area contributed by atoms with Gasteiger partial charge in [-0.1, -0.05) is 13.8 Å². The molecule has 0 aromatic carbocycles. The number of carbonyl (C=O) groups excluding carboxylic acids is 1. The van der Waals surface area contributed by atoms with Crippen LogP contribution in [0.4, 0.5) is 0 Å². The second-order valence-electron chi connectivity index (χ2n) is 3.10. The van der Waals surface area contributed by atoms with Crippen molar-refractivity contribution in [3.63, 3.8) is 0 Å². The Hall–Kier alpha value is -0.420. The lowest BCUT2D eigenvalue weighted by Crippen LogP contribution is -2.39. The van der Waals surface area contributed by atoms with Crippen LogP contribution in [0.1, 0.15) is 27.2 Å². The van der Waals surface area contributed by atoms with Crippen molar-refractivity contribution in [3.05, 3.63) is 0 Å². The highest BCUT2D eigenvalue weighted by atomic mass is 32.2. The summed E-state index contributed by atoms with van der Waals surface area (Å²) in [6.45, 7) is 6.59.